The molecular formula is C93H150O47. The zero-order valence-electron chi connectivity index (χ0n) is 80.7. The van der Waals surface area contributed by atoms with Gasteiger partial charge in [0, 0.05) is 12.8 Å². The topological polar surface area (TPSA) is 737 Å². The molecule has 47 nitrogen and oxygen atoms in total. The van der Waals surface area contributed by atoms with Crippen molar-refractivity contribution in [3.05, 3.63) is 11.6 Å². The molecule has 8 heterocycles. The average Bonchev–Trinajstić information content (AvgIpc) is 0.830. The minimum absolute atomic E-state index is 0.0237. The van der Waals surface area contributed by atoms with Crippen LogP contribution in [0.1, 0.15) is 179 Å². The third-order valence-corrected chi connectivity index (χ3v) is 33.7. The highest BCUT2D eigenvalue weighted by Gasteiger charge is 2.74. The highest BCUT2D eigenvalue weighted by atomic mass is 16.8. The maximum absolute atomic E-state index is 16.5. The van der Waals surface area contributed by atoms with Crippen LogP contribution in [0.5, 0.6) is 0 Å². The number of carboxylic acids is 1. The number of hydrogen-bond acceptors (Lipinski definition) is 46. The molecule has 47 heteroatoms. The summed E-state index contributed by atoms with van der Waals surface area (Å²) in [7, 11) is 0. The summed E-state index contributed by atoms with van der Waals surface area (Å²) in [6.07, 6.45) is -70.5. The van der Waals surface area contributed by atoms with E-state index in [0.29, 0.717) is 44.9 Å². The molecule has 5 aliphatic carbocycles. The first-order valence-electron chi connectivity index (χ1n) is 48.9. The lowest BCUT2D eigenvalue weighted by atomic mass is 9.33. The molecule has 0 bridgehead atoms. The van der Waals surface area contributed by atoms with Crippen LogP contribution in [0.3, 0.4) is 0 Å². The Balaban J connectivity index is 0.782. The van der Waals surface area contributed by atoms with Gasteiger partial charge in [-0.2, -0.15) is 0 Å². The number of aliphatic hydroxyl groups is 23. The summed E-state index contributed by atoms with van der Waals surface area (Å²) in [6, 6.07) is 0. The van der Waals surface area contributed by atoms with E-state index in [9.17, 15) is 142 Å². The van der Waals surface area contributed by atoms with E-state index in [1.165, 1.54) is 13.8 Å². The van der Waals surface area contributed by atoms with Gasteiger partial charge in [0.15, 0.2) is 62.3 Å². The van der Waals surface area contributed by atoms with E-state index in [0.717, 1.165) is 11.9 Å². The number of carbonyl (C=O) groups is 5. The molecule has 0 amide bonds. The van der Waals surface area contributed by atoms with Crippen molar-refractivity contribution in [1.29, 1.82) is 0 Å². The van der Waals surface area contributed by atoms with Crippen molar-refractivity contribution in [2.24, 2.45) is 62.1 Å². The van der Waals surface area contributed by atoms with Crippen molar-refractivity contribution in [1.82, 2.24) is 0 Å². The second-order valence-corrected chi connectivity index (χ2v) is 43.0. The van der Waals surface area contributed by atoms with Crippen LogP contribution in [0.25, 0.3) is 0 Å². The molecule has 0 aromatic heterocycles. The van der Waals surface area contributed by atoms with Crippen LogP contribution in [-0.4, -0.2) is 450 Å². The molecule has 0 unspecified atom stereocenters. The van der Waals surface area contributed by atoms with Gasteiger partial charge in [0.1, 0.15) is 158 Å². The number of ether oxygens (including phenoxy) is 18. The standard InChI is InChI=1S/C93H150O47/c1-13-36(3)45(127-54(103)25-41(100)24-46(37(4)14-2)128-79-63(112)58(107)49(31-96)129-79)23-40(99)26-55(104)133-69-38(5)126-83(75(66(69)115)139-82-68(117)72(136-80-64(113)59(108)56(105)47(29-94)130-80)70(39(6)125-82)134-78-67(116)71(44(101)32-123-78)135-85-76(118)92(122,34-98)35-124-85)140-86(121)93-22-21-87(7,8)27-43(93)42-15-16-51-88(9)19-18-53(89(10,33-97)50(88)17-20-90(51,11)91(42,12)28-52(93)102)132-84-74(62(111)61(110)73(137-84)77(119)120)138-81-65(114)60(109)57(106)48(30-95)131-81/h15,33,36-41,43-53,56-76,78-85,94-96,98-102,105-118,122H,13-14,16-32,34-35H2,1-12H3,(H,119,120)/t36-,37+,38-,39+,40+,41+,43+,44-,45-,46+,47-,48-,49+,50-,51-,52-,53+,56-,57+,58+,59+,60+,61+,62+,63-,64-,65-,66+,67-,68-,69+,70+,71+,72+,73+,74-,75-,76+,78+,79-,80+,81+,82+,83+,84-,85+,88+,89+,90-,91-,92-,93-/m1/s1. The monoisotopic (exact) mass is 2020 g/mol. The van der Waals surface area contributed by atoms with Crippen molar-refractivity contribution in [2.45, 2.75) is 437 Å². The Hall–Kier alpha value is -4.23. The first-order valence-corrected chi connectivity index (χ1v) is 48.9. The number of esters is 3. The van der Waals surface area contributed by atoms with E-state index < -0.39 is 390 Å². The van der Waals surface area contributed by atoms with Gasteiger partial charge in [-0.05, 0) is 123 Å². The van der Waals surface area contributed by atoms with Gasteiger partial charge in [0.2, 0.25) is 6.29 Å². The van der Waals surface area contributed by atoms with E-state index >= 15 is 4.79 Å². The Morgan fingerprint density at radius 1 is 0.500 bits per heavy atom. The van der Waals surface area contributed by atoms with Gasteiger partial charge in [-0.1, -0.05) is 93.7 Å². The summed E-state index contributed by atoms with van der Waals surface area (Å²) in [6.45, 7) is 16.9. The van der Waals surface area contributed by atoms with Gasteiger partial charge < -0.3 is 213 Å². The molecule has 0 radical (unpaired) electrons. The van der Waals surface area contributed by atoms with Crippen molar-refractivity contribution in [2.75, 3.05) is 39.6 Å². The van der Waals surface area contributed by atoms with Gasteiger partial charge in [-0.25, -0.2) is 4.79 Å². The van der Waals surface area contributed by atoms with Crippen LogP contribution in [0.15, 0.2) is 11.6 Å². The number of allylic oxidation sites excluding steroid dienone is 2. The lowest BCUT2D eigenvalue weighted by molar-refractivity contribution is -0.396. The van der Waals surface area contributed by atoms with Crippen LogP contribution in [-0.2, 0) is 109 Å². The molecule has 24 N–H and O–H groups in total. The Labute approximate surface area is 808 Å². The summed E-state index contributed by atoms with van der Waals surface area (Å²) in [5, 5.41) is 268. The number of rotatable bonds is 36. The van der Waals surface area contributed by atoms with Crippen LogP contribution in [0.4, 0.5) is 0 Å². The molecule has 0 aromatic rings. The lowest BCUT2D eigenvalue weighted by Crippen LogP contribution is -2.69. The summed E-state index contributed by atoms with van der Waals surface area (Å²) in [5.74, 6) is -7.34. The van der Waals surface area contributed by atoms with Crippen molar-refractivity contribution < 1.29 is 232 Å². The highest BCUT2D eigenvalue weighted by molar-refractivity contribution is 5.80. The largest absolute Gasteiger partial charge is 0.479 e. The van der Waals surface area contributed by atoms with E-state index in [-0.39, 0.29) is 43.9 Å². The fraction of sp³-hybridized carbons (Fsp3) is 0.925. The molecule has 0 spiro atoms. The van der Waals surface area contributed by atoms with Crippen LogP contribution >= 0.6 is 0 Å². The number of carbonyl (C=O) groups excluding carboxylic acids is 4. The molecule has 8 saturated heterocycles. The smallest absolute Gasteiger partial charge is 0.335 e. The molecule has 12 fully saturated rings. The van der Waals surface area contributed by atoms with Crippen molar-refractivity contribution in [3.63, 3.8) is 0 Å². The molecule has 140 heavy (non-hydrogen) atoms. The predicted molar refractivity (Wildman–Crippen MR) is 464 cm³/mol. The number of aliphatic hydroxyl groups excluding tert-OH is 22. The number of fused-ring (bicyclic) bond motifs is 7. The van der Waals surface area contributed by atoms with Gasteiger partial charge in [0.05, 0.1) is 101 Å². The Kier molecular flexibility index (Phi) is 36.2. The molecule has 0 aromatic carbocycles. The minimum Gasteiger partial charge on any atom is -0.479 e. The van der Waals surface area contributed by atoms with E-state index in [2.05, 4.69) is 19.9 Å². The maximum atomic E-state index is 16.5. The first-order chi connectivity index (χ1) is 65.7. The minimum atomic E-state index is -2.37. The summed E-state index contributed by atoms with van der Waals surface area (Å²) < 4.78 is 109. The van der Waals surface area contributed by atoms with Crippen molar-refractivity contribution >= 4 is 30.2 Å². The predicted octanol–water partition coefficient (Wildman–Crippen LogP) is -6.32. The Bertz CT molecular complexity index is 4160. The lowest BCUT2D eigenvalue weighted by Gasteiger charge is -2.71. The third kappa shape index (κ3) is 21.7. The number of aldehydes is 1. The average molecular weight is 2020 g/mol. The van der Waals surface area contributed by atoms with Gasteiger partial charge >= 0.3 is 23.9 Å². The Morgan fingerprint density at radius 3 is 1.60 bits per heavy atom. The fourth-order valence-electron chi connectivity index (χ4n) is 24.4. The van der Waals surface area contributed by atoms with Gasteiger partial charge in [-0.15, -0.1) is 0 Å². The van der Waals surface area contributed by atoms with Gasteiger partial charge in [-0.3, -0.25) is 14.4 Å². The highest BCUT2D eigenvalue weighted by Crippen LogP contribution is 2.76. The van der Waals surface area contributed by atoms with Gasteiger partial charge in [0.25, 0.3) is 0 Å². The molecule has 13 rings (SSSR count). The maximum Gasteiger partial charge on any atom is 0.335 e. The van der Waals surface area contributed by atoms with E-state index in [4.69, 9.17) is 85.3 Å². The molecule has 52 atom stereocenters. The normalized spacial score (nSPS) is 48.8. The van der Waals surface area contributed by atoms with Crippen molar-refractivity contribution in [3.8, 4) is 0 Å². The van der Waals surface area contributed by atoms with Crippen LogP contribution < -0.4 is 0 Å². The van der Waals surface area contributed by atoms with E-state index in [1.54, 1.807) is 27.7 Å². The number of hydrogen-bond donors (Lipinski definition) is 24. The molecule has 804 valence electrons. The molecule has 8 aliphatic heterocycles. The van der Waals surface area contributed by atoms with Crippen LogP contribution in [0, 0.1) is 62.1 Å². The zero-order chi connectivity index (χ0) is 103. The Morgan fingerprint density at radius 2 is 1.02 bits per heavy atom. The quantitative estimate of drug-likeness (QED) is 0.00912. The molecule has 4 saturated carbocycles. The number of aliphatic carboxylic acids is 1. The second kappa shape index (κ2) is 44.9. The second-order valence-electron chi connectivity index (χ2n) is 43.0. The molecular weight excluding hydrogens is 1870 g/mol. The summed E-state index contributed by atoms with van der Waals surface area (Å²) in [4.78, 5) is 71.8. The first kappa shape index (κ1) is 113. The summed E-state index contributed by atoms with van der Waals surface area (Å²) >= 11 is 0. The van der Waals surface area contributed by atoms with E-state index in [1.807, 2.05) is 27.7 Å². The molecule has 13 aliphatic rings. The number of carboxylic acid groups (broad SMARTS) is 1. The summed E-state index contributed by atoms with van der Waals surface area (Å²) in [5.41, 5.74) is -7.77. The third-order valence-electron chi connectivity index (χ3n) is 33.7. The SMILES string of the molecule is CC[C@@H](C)[C@@H](C[C@H](O)CC(=O)O[C@@H]1[C@H](O)[C@@H](O[C@@H]2O[C@@H](C)[C@H](O[C@@H]3OC[C@@H](O)[C@H](O[C@@H]4OC[C@](O)(CO)[C@H]4O)[C@H]3O)[C@@H](O[C@@H]3O[C@H](CO)[C@@H](O)[C@H](O)[C@H]3O)[C@H]2O)[C@H](OC(=O)[C@]23CCC(C)(C)C[C@H]2C2=CC[C@@H]4[C@@]5(C)CC[C@H](O[C@@H]6O[C@H](C(=O)O)[C@@H](O)[C@H](O)[C@H]6O[C@@H]6O[C@H](CO)[C@H](O)[C@H](O)[C@H]6O)[C@@](C)(C=O)[C@@H]5CC[C@@]4(C)[C@]2(C)C[C@H]3O)O[C@@H]1C)OC(=O)C[C@@H](O)C[C@H](O[C@@H]1O[C@@H](CO)[C@H](O)[C@H]1O)[C@@H](C)CC. The fourth-order valence-corrected chi connectivity index (χ4v) is 24.4. The zero-order valence-corrected chi connectivity index (χ0v) is 80.7. The van der Waals surface area contributed by atoms with Crippen LogP contribution in [0.2, 0.25) is 0 Å².